The first-order valence-electron chi connectivity index (χ1n) is 7.38. The van der Waals surface area contributed by atoms with Crippen LogP contribution < -0.4 is 9.47 Å². The zero-order valence-corrected chi connectivity index (χ0v) is 15.7. The van der Waals surface area contributed by atoms with E-state index in [0.29, 0.717) is 18.1 Å². The van der Waals surface area contributed by atoms with Gasteiger partial charge in [0.05, 0.1) is 20.8 Å². The molecule has 1 aromatic rings. The Hall–Kier alpha value is -1.46. The number of methoxy groups -OCH3 is 2. The average Bonchev–Trinajstić information content (AvgIpc) is 2.43. The molecule has 124 valence electrons. The predicted molar refractivity (Wildman–Crippen MR) is 93.4 cm³/mol. The summed E-state index contributed by atoms with van der Waals surface area (Å²) in [4.78, 5) is 0. The first-order chi connectivity index (χ1) is 10.1. The maximum Gasteiger partial charge on any atom is 0.200 e. The first-order valence-corrected chi connectivity index (χ1v) is 10.3. The van der Waals surface area contributed by atoms with Gasteiger partial charge in [0.2, 0.25) is 5.75 Å². The van der Waals surface area contributed by atoms with Gasteiger partial charge in [0.15, 0.2) is 19.8 Å². The lowest BCUT2D eigenvalue weighted by Gasteiger charge is -2.35. The zero-order valence-electron chi connectivity index (χ0n) is 14.7. The second kappa shape index (κ2) is 7.20. The molecule has 0 fully saturated rings. The smallest absolute Gasteiger partial charge is 0.200 e. The van der Waals surface area contributed by atoms with Crippen LogP contribution in [0.3, 0.4) is 0 Å². The van der Waals surface area contributed by atoms with Crippen molar-refractivity contribution in [3.63, 3.8) is 0 Å². The van der Waals surface area contributed by atoms with E-state index in [9.17, 15) is 5.11 Å². The number of phenols is 1. The van der Waals surface area contributed by atoms with Gasteiger partial charge in [0, 0.05) is 0 Å². The molecule has 0 aliphatic carbocycles. The van der Waals surface area contributed by atoms with E-state index < -0.39 is 8.32 Å². The van der Waals surface area contributed by atoms with Crippen LogP contribution in [0.15, 0.2) is 18.2 Å². The summed E-state index contributed by atoms with van der Waals surface area (Å²) in [5.74, 6) is 0.799. The third-order valence-corrected chi connectivity index (χ3v) is 8.66. The molecule has 0 heterocycles. The standard InChI is InChI=1S/C17H28O4Si/c1-17(2,3)22(6,7)21-10-8-9-13-11-14(19-4)16(18)15(12-13)20-5/h8-9,11-12,18H,10H2,1-7H3/b9-8+. The maximum atomic E-state index is 9.89. The summed E-state index contributed by atoms with van der Waals surface area (Å²) >= 11 is 0. The Morgan fingerprint density at radius 1 is 1.09 bits per heavy atom. The molecule has 0 saturated carbocycles. The second-order valence-corrected chi connectivity index (χ2v) is 11.6. The fourth-order valence-electron chi connectivity index (χ4n) is 1.67. The maximum absolute atomic E-state index is 9.89. The van der Waals surface area contributed by atoms with Gasteiger partial charge in [-0.25, -0.2) is 0 Å². The molecule has 0 spiro atoms. The van der Waals surface area contributed by atoms with Gasteiger partial charge in [-0.1, -0.05) is 32.9 Å². The number of ether oxygens (including phenoxy) is 2. The topological polar surface area (TPSA) is 47.9 Å². The highest BCUT2D eigenvalue weighted by atomic mass is 28.4. The molecule has 0 atom stereocenters. The molecule has 0 unspecified atom stereocenters. The molecule has 1 rings (SSSR count). The quantitative estimate of drug-likeness (QED) is 0.786. The molecule has 22 heavy (non-hydrogen) atoms. The van der Waals surface area contributed by atoms with E-state index in [1.807, 2.05) is 12.2 Å². The summed E-state index contributed by atoms with van der Waals surface area (Å²) in [5.41, 5.74) is 0.894. The largest absolute Gasteiger partial charge is 0.502 e. The van der Waals surface area contributed by atoms with Gasteiger partial charge < -0.3 is 19.0 Å². The Kier molecular flexibility index (Phi) is 6.08. The highest BCUT2D eigenvalue weighted by molar-refractivity contribution is 6.74. The van der Waals surface area contributed by atoms with E-state index >= 15 is 0 Å². The number of aromatic hydroxyl groups is 1. The monoisotopic (exact) mass is 324 g/mol. The molecule has 1 N–H and O–H groups in total. The van der Waals surface area contributed by atoms with Gasteiger partial charge in [-0.05, 0) is 35.8 Å². The molecule has 0 bridgehead atoms. The summed E-state index contributed by atoms with van der Waals surface area (Å²) in [6.45, 7) is 11.7. The van der Waals surface area contributed by atoms with E-state index in [4.69, 9.17) is 13.9 Å². The van der Waals surface area contributed by atoms with Crippen LogP contribution in [0.2, 0.25) is 18.1 Å². The molecule has 0 aliphatic heterocycles. The fourth-order valence-corrected chi connectivity index (χ4v) is 2.61. The predicted octanol–water partition coefficient (Wildman–Crippen LogP) is 4.44. The van der Waals surface area contributed by atoms with Crippen molar-refractivity contribution in [2.75, 3.05) is 20.8 Å². The van der Waals surface area contributed by atoms with Crippen molar-refractivity contribution < 1.29 is 19.0 Å². The van der Waals surface area contributed by atoms with Crippen LogP contribution in [0.4, 0.5) is 0 Å². The SMILES string of the molecule is COc1cc(/C=C/CO[Si](C)(C)C(C)(C)C)cc(OC)c1O. The van der Waals surface area contributed by atoms with Crippen molar-refractivity contribution in [2.24, 2.45) is 0 Å². The second-order valence-electron chi connectivity index (χ2n) is 6.75. The highest BCUT2D eigenvalue weighted by Crippen LogP contribution is 2.38. The van der Waals surface area contributed by atoms with Gasteiger partial charge in [-0.15, -0.1) is 0 Å². The summed E-state index contributed by atoms with van der Waals surface area (Å²) in [5, 5.41) is 10.1. The Morgan fingerprint density at radius 2 is 1.59 bits per heavy atom. The zero-order chi connectivity index (χ0) is 17.0. The van der Waals surface area contributed by atoms with Gasteiger partial charge in [0.1, 0.15) is 0 Å². The van der Waals surface area contributed by atoms with Crippen LogP contribution in [0.5, 0.6) is 17.2 Å². The van der Waals surface area contributed by atoms with Crippen LogP contribution in [-0.2, 0) is 4.43 Å². The third kappa shape index (κ3) is 4.51. The number of benzene rings is 1. The first kappa shape index (κ1) is 18.6. The molecule has 0 saturated heterocycles. The lowest BCUT2D eigenvalue weighted by molar-refractivity contribution is 0.328. The van der Waals surface area contributed by atoms with Crippen LogP contribution in [0.1, 0.15) is 26.3 Å². The lowest BCUT2D eigenvalue weighted by atomic mass is 10.1. The Balaban J connectivity index is 2.79. The number of hydrogen-bond donors (Lipinski definition) is 1. The van der Waals surface area contributed by atoms with Crippen LogP contribution in [-0.4, -0.2) is 34.3 Å². The Bertz CT molecular complexity index is 505. The van der Waals surface area contributed by atoms with Gasteiger partial charge in [-0.2, -0.15) is 0 Å². The normalized spacial score (nSPS) is 12.7. The molecular formula is C17H28O4Si. The minimum Gasteiger partial charge on any atom is -0.502 e. The molecule has 5 heteroatoms. The minimum atomic E-state index is -1.73. The molecule has 0 aliphatic rings. The van der Waals surface area contributed by atoms with E-state index in [1.54, 1.807) is 12.1 Å². The van der Waals surface area contributed by atoms with Gasteiger partial charge in [-0.3, -0.25) is 0 Å². The minimum absolute atomic E-state index is 0.0136. The van der Waals surface area contributed by atoms with Crippen LogP contribution >= 0.6 is 0 Å². The van der Waals surface area contributed by atoms with Gasteiger partial charge in [0.25, 0.3) is 0 Å². The van der Waals surface area contributed by atoms with E-state index in [1.165, 1.54) is 14.2 Å². The average molecular weight is 324 g/mol. The molecule has 0 radical (unpaired) electrons. The fraction of sp³-hybridized carbons (Fsp3) is 0.529. The van der Waals surface area contributed by atoms with Crippen molar-refractivity contribution >= 4 is 14.4 Å². The van der Waals surface area contributed by atoms with E-state index in [-0.39, 0.29) is 10.8 Å². The highest BCUT2D eigenvalue weighted by Gasteiger charge is 2.36. The third-order valence-electron chi connectivity index (χ3n) is 4.16. The number of phenolic OH excluding ortho intramolecular Hbond substituents is 1. The van der Waals surface area contributed by atoms with Gasteiger partial charge >= 0.3 is 0 Å². The molecule has 1 aromatic carbocycles. The van der Waals surface area contributed by atoms with Crippen LogP contribution in [0, 0.1) is 0 Å². The summed E-state index contributed by atoms with van der Waals surface area (Å²) in [6, 6.07) is 3.53. The number of hydrogen-bond acceptors (Lipinski definition) is 4. The van der Waals surface area contributed by atoms with Crippen molar-refractivity contribution in [2.45, 2.75) is 38.9 Å². The lowest BCUT2D eigenvalue weighted by Crippen LogP contribution is -2.40. The summed E-state index contributed by atoms with van der Waals surface area (Å²) < 4.78 is 16.4. The van der Waals surface area contributed by atoms with Crippen molar-refractivity contribution in [3.05, 3.63) is 23.8 Å². The van der Waals surface area contributed by atoms with Crippen molar-refractivity contribution in [3.8, 4) is 17.2 Å². The molecule has 4 nitrogen and oxygen atoms in total. The Morgan fingerprint density at radius 3 is 2.00 bits per heavy atom. The molecule has 0 aromatic heterocycles. The number of rotatable bonds is 6. The molecular weight excluding hydrogens is 296 g/mol. The Labute approximate surface area is 134 Å². The van der Waals surface area contributed by atoms with E-state index in [2.05, 4.69) is 33.9 Å². The summed E-state index contributed by atoms with van der Waals surface area (Å²) in [7, 11) is 1.30. The summed E-state index contributed by atoms with van der Waals surface area (Å²) in [6.07, 6.45) is 3.92. The molecule has 0 amide bonds. The van der Waals surface area contributed by atoms with Crippen molar-refractivity contribution in [1.29, 1.82) is 0 Å². The van der Waals surface area contributed by atoms with Crippen molar-refractivity contribution in [1.82, 2.24) is 0 Å². The van der Waals surface area contributed by atoms with E-state index in [0.717, 1.165) is 5.56 Å². The van der Waals surface area contributed by atoms with Crippen LogP contribution in [0.25, 0.3) is 6.08 Å².